The Morgan fingerprint density at radius 2 is 1.81 bits per heavy atom. The summed E-state index contributed by atoms with van der Waals surface area (Å²) in [5.41, 5.74) is 2.40. The van der Waals surface area contributed by atoms with E-state index >= 15 is 0 Å². The van der Waals surface area contributed by atoms with Crippen LogP contribution in [0, 0.1) is 13.8 Å². The molecule has 0 saturated heterocycles. The number of esters is 1. The van der Waals surface area contributed by atoms with Crippen LogP contribution in [0.15, 0.2) is 24.3 Å². The van der Waals surface area contributed by atoms with E-state index in [1.807, 2.05) is 0 Å². The van der Waals surface area contributed by atoms with Crippen LogP contribution in [-0.2, 0) is 11.8 Å². The van der Waals surface area contributed by atoms with Gasteiger partial charge in [0.2, 0.25) is 0 Å². The second-order valence-electron chi connectivity index (χ2n) is 6.30. The summed E-state index contributed by atoms with van der Waals surface area (Å²) in [6, 6.07) is 6.75. The molecule has 1 aromatic carbocycles. The minimum Gasteiger partial charge on any atom is -0.497 e. The molecule has 0 aliphatic carbocycles. The van der Waals surface area contributed by atoms with Gasteiger partial charge in [-0.25, -0.2) is 4.79 Å². The number of ether oxygens (including phenoxy) is 2. The molecule has 0 N–H and O–H groups in total. The molecular formula is C20H24N2O5. The fourth-order valence-electron chi connectivity index (χ4n) is 3.12. The van der Waals surface area contributed by atoms with Crippen molar-refractivity contribution in [2.75, 3.05) is 27.8 Å². The van der Waals surface area contributed by atoms with Crippen molar-refractivity contribution >= 4 is 17.7 Å². The lowest BCUT2D eigenvalue weighted by molar-refractivity contribution is 0.0588. The lowest BCUT2D eigenvalue weighted by Crippen LogP contribution is -2.32. The predicted octanol–water partition coefficient (Wildman–Crippen LogP) is 2.39. The van der Waals surface area contributed by atoms with Gasteiger partial charge in [0, 0.05) is 30.9 Å². The minimum atomic E-state index is -0.502. The third-order valence-electron chi connectivity index (χ3n) is 4.63. The van der Waals surface area contributed by atoms with E-state index < -0.39 is 5.97 Å². The van der Waals surface area contributed by atoms with E-state index in [0.717, 1.165) is 0 Å². The van der Waals surface area contributed by atoms with Gasteiger partial charge >= 0.3 is 5.97 Å². The van der Waals surface area contributed by atoms with Crippen molar-refractivity contribution in [1.29, 1.82) is 0 Å². The number of likely N-dealkylation sites (N-methyl/N-ethyl adjacent to an activating group) is 1. The highest BCUT2D eigenvalue weighted by molar-refractivity contribution is 6.06. The van der Waals surface area contributed by atoms with Gasteiger partial charge in [-0.1, -0.05) is 6.07 Å². The van der Waals surface area contributed by atoms with Crippen LogP contribution in [0.4, 0.5) is 0 Å². The number of Topliss-reactive ketones (excluding diaryl/α,β-unsaturated/α-hetero) is 1. The van der Waals surface area contributed by atoms with Crippen LogP contribution >= 0.6 is 0 Å². The standard InChI is InChI=1S/C20H24N2O5/c1-12-17(13(2)22(4)18(12)20(25)27-6)16(23)11-21(3)19(24)14-8-7-9-15(10-14)26-5/h7-10H,11H2,1-6H3. The molecule has 0 radical (unpaired) electrons. The number of carbonyl (C=O) groups excluding carboxylic acids is 3. The van der Waals surface area contributed by atoms with Crippen LogP contribution in [-0.4, -0.2) is 54.9 Å². The first-order chi connectivity index (χ1) is 12.7. The maximum Gasteiger partial charge on any atom is 0.354 e. The number of nitrogens with zero attached hydrogens (tertiary/aromatic N) is 2. The van der Waals surface area contributed by atoms with Gasteiger partial charge < -0.3 is 18.9 Å². The molecule has 27 heavy (non-hydrogen) atoms. The van der Waals surface area contributed by atoms with Gasteiger partial charge in [-0.3, -0.25) is 9.59 Å². The number of rotatable bonds is 6. The van der Waals surface area contributed by atoms with Gasteiger partial charge in [0.25, 0.3) is 5.91 Å². The van der Waals surface area contributed by atoms with Gasteiger partial charge in [0.05, 0.1) is 20.8 Å². The van der Waals surface area contributed by atoms with E-state index in [1.54, 1.807) is 56.8 Å². The topological polar surface area (TPSA) is 77.8 Å². The average Bonchev–Trinajstić information content (AvgIpc) is 2.89. The molecule has 0 fully saturated rings. The number of hydrogen-bond acceptors (Lipinski definition) is 5. The lowest BCUT2D eigenvalue weighted by Gasteiger charge is -2.17. The third-order valence-corrected chi connectivity index (χ3v) is 4.63. The highest BCUT2D eigenvalue weighted by Gasteiger charge is 2.26. The Hall–Kier alpha value is -3.09. The van der Waals surface area contributed by atoms with Gasteiger partial charge in [-0.2, -0.15) is 0 Å². The van der Waals surface area contributed by atoms with E-state index in [1.165, 1.54) is 19.1 Å². The van der Waals surface area contributed by atoms with Crippen molar-refractivity contribution in [3.8, 4) is 5.75 Å². The first-order valence-electron chi connectivity index (χ1n) is 8.39. The van der Waals surface area contributed by atoms with Crippen LogP contribution in [0.25, 0.3) is 0 Å². The first-order valence-corrected chi connectivity index (χ1v) is 8.39. The predicted molar refractivity (Wildman–Crippen MR) is 101 cm³/mol. The fourth-order valence-corrected chi connectivity index (χ4v) is 3.12. The smallest absolute Gasteiger partial charge is 0.354 e. The Morgan fingerprint density at radius 3 is 2.41 bits per heavy atom. The number of aromatic nitrogens is 1. The number of carbonyl (C=O) groups is 3. The molecule has 7 heteroatoms. The van der Waals surface area contributed by atoms with Crippen LogP contribution < -0.4 is 4.74 Å². The number of benzene rings is 1. The molecule has 0 atom stereocenters. The quantitative estimate of drug-likeness (QED) is 0.575. The Balaban J connectivity index is 2.26. The van der Waals surface area contributed by atoms with Gasteiger partial charge in [0.15, 0.2) is 5.78 Å². The summed E-state index contributed by atoms with van der Waals surface area (Å²) >= 11 is 0. The number of methoxy groups -OCH3 is 2. The highest BCUT2D eigenvalue weighted by atomic mass is 16.5. The number of hydrogen-bond donors (Lipinski definition) is 0. The number of amides is 1. The van der Waals surface area contributed by atoms with Crippen molar-refractivity contribution in [1.82, 2.24) is 9.47 Å². The summed E-state index contributed by atoms with van der Waals surface area (Å²) in [6.45, 7) is 3.36. The maximum absolute atomic E-state index is 12.8. The highest BCUT2D eigenvalue weighted by Crippen LogP contribution is 2.23. The van der Waals surface area contributed by atoms with Crippen molar-refractivity contribution in [3.05, 3.63) is 52.3 Å². The molecule has 1 heterocycles. The molecule has 0 saturated carbocycles. The van der Waals surface area contributed by atoms with E-state index in [0.29, 0.717) is 33.8 Å². The van der Waals surface area contributed by atoms with Gasteiger partial charge in [0.1, 0.15) is 11.4 Å². The Morgan fingerprint density at radius 1 is 1.15 bits per heavy atom. The molecule has 0 unspecified atom stereocenters. The maximum atomic E-state index is 12.8. The fraction of sp³-hybridized carbons (Fsp3) is 0.350. The molecule has 0 aliphatic heterocycles. The third kappa shape index (κ3) is 3.86. The average molecular weight is 372 g/mol. The van der Waals surface area contributed by atoms with Crippen LogP contribution in [0.3, 0.4) is 0 Å². The zero-order valence-corrected chi connectivity index (χ0v) is 16.5. The van der Waals surface area contributed by atoms with Crippen LogP contribution in [0.5, 0.6) is 5.75 Å². The second-order valence-corrected chi connectivity index (χ2v) is 6.30. The molecule has 2 aromatic rings. The largest absolute Gasteiger partial charge is 0.497 e. The minimum absolute atomic E-state index is 0.109. The molecule has 7 nitrogen and oxygen atoms in total. The van der Waals surface area contributed by atoms with Crippen LogP contribution in [0.1, 0.15) is 42.5 Å². The van der Waals surface area contributed by atoms with E-state index in [9.17, 15) is 14.4 Å². The molecule has 1 aromatic heterocycles. The summed E-state index contributed by atoms with van der Waals surface area (Å²) in [5.74, 6) is -0.466. The summed E-state index contributed by atoms with van der Waals surface area (Å²) in [7, 11) is 6.09. The van der Waals surface area contributed by atoms with Crippen LogP contribution in [0.2, 0.25) is 0 Å². The van der Waals surface area contributed by atoms with E-state index in [2.05, 4.69) is 0 Å². The van der Waals surface area contributed by atoms with E-state index in [4.69, 9.17) is 9.47 Å². The molecule has 144 valence electrons. The zero-order valence-electron chi connectivity index (χ0n) is 16.5. The molecular weight excluding hydrogens is 348 g/mol. The van der Waals surface area contributed by atoms with Crippen molar-refractivity contribution < 1.29 is 23.9 Å². The molecule has 0 bridgehead atoms. The summed E-state index contributed by atoms with van der Waals surface area (Å²) in [4.78, 5) is 38.8. The summed E-state index contributed by atoms with van der Waals surface area (Å²) < 4.78 is 11.6. The molecule has 1 amide bonds. The second kappa shape index (κ2) is 8.07. The normalized spacial score (nSPS) is 10.4. The van der Waals surface area contributed by atoms with Gasteiger partial charge in [-0.15, -0.1) is 0 Å². The SMILES string of the molecule is COC(=O)c1c(C)c(C(=O)CN(C)C(=O)c2cccc(OC)c2)c(C)n1C. The Bertz CT molecular complexity index is 898. The Labute approximate surface area is 158 Å². The van der Waals surface area contributed by atoms with E-state index in [-0.39, 0.29) is 18.2 Å². The monoisotopic (exact) mass is 372 g/mol. The van der Waals surface area contributed by atoms with Crippen molar-refractivity contribution in [2.24, 2.45) is 7.05 Å². The van der Waals surface area contributed by atoms with Gasteiger partial charge in [-0.05, 0) is 37.6 Å². The van der Waals surface area contributed by atoms with Crippen molar-refractivity contribution in [2.45, 2.75) is 13.8 Å². The number of ketones is 1. The summed E-state index contributed by atoms with van der Waals surface area (Å²) in [6.07, 6.45) is 0. The lowest BCUT2D eigenvalue weighted by atomic mass is 10.0. The molecule has 0 spiro atoms. The first kappa shape index (κ1) is 20.2. The molecule has 2 rings (SSSR count). The summed E-state index contributed by atoms with van der Waals surface area (Å²) in [5, 5.41) is 0. The zero-order chi connectivity index (χ0) is 20.3. The molecule has 0 aliphatic rings. The van der Waals surface area contributed by atoms with Crippen molar-refractivity contribution in [3.63, 3.8) is 0 Å². The Kier molecular flexibility index (Phi) is 6.05.